The summed E-state index contributed by atoms with van der Waals surface area (Å²) in [6.07, 6.45) is 2.15. The van der Waals surface area contributed by atoms with Gasteiger partial charge in [-0.15, -0.1) is 11.6 Å². The van der Waals surface area contributed by atoms with Crippen LogP contribution in [-0.4, -0.2) is 13.2 Å². The highest BCUT2D eigenvalue weighted by molar-refractivity contribution is 6.20. The Morgan fingerprint density at radius 3 is 2.63 bits per heavy atom. The second-order valence-electron chi connectivity index (χ2n) is 5.65. The van der Waals surface area contributed by atoms with Gasteiger partial charge in [0, 0.05) is 5.92 Å². The zero-order valence-electron chi connectivity index (χ0n) is 12.0. The molecule has 0 saturated carbocycles. The third-order valence-electron chi connectivity index (χ3n) is 3.68. The van der Waals surface area contributed by atoms with Crippen LogP contribution in [0.25, 0.3) is 0 Å². The van der Waals surface area contributed by atoms with Gasteiger partial charge in [0.25, 0.3) is 0 Å². The summed E-state index contributed by atoms with van der Waals surface area (Å²) in [6, 6.07) is 6.07. The molecule has 0 aliphatic carbocycles. The average molecular weight is 283 g/mol. The zero-order valence-corrected chi connectivity index (χ0v) is 12.7. The molecule has 2 rings (SSSR count). The van der Waals surface area contributed by atoms with Gasteiger partial charge in [0.2, 0.25) is 0 Å². The van der Waals surface area contributed by atoms with Crippen LogP contribution in [0.5, 0.6) is 11.5 Å². The smallest absolute Gasteiger partial charge is 0.161 e. The molecule has 106 valence electrons. The van der Waals surface area contributed by atoms with Crippen molar-refractivity contribution < 1.29 is 9.47 Å². The summed E-state index contributed by atoms with van der Waals surface area (Å²) < 4.78 is 11.5. The Morgan fingerprint density at radius 2 is 1.95 bits per heavy atom. The highest BCUT2D eigenvalue weighted by Gasteiger charge is 2.18. The normalized spacial score (nSPS) is 21.6. The van der Waals surface area contributed by atoms with E-state index in [1.54, 1.807) is 0 Å². The van der Waals surface area contributed by atoms with Gasteiger partial charge in [-0.05, 0) is 30.0 Å². The van der Waals surface area contributed by atoms with E-state index < -0.39 is 0 Å². The van der Waals surface area contributed by atoms with E-state index in [-0.39, 0.29) is 5.38 Å². The molecule has 1 aliphatic heterocycles. The SMILES string of the molecule is CCC(C)CC(Cl)c1ccc2c(c1)OCC(C)CO2. The van der Waals surface area contributed by atoms with Crippen LogP contribution < -0.4 is 9.47 Å². The topological polar surface area (TPSA) is 18.5 Å². The maximum Gasteiger partial charge on any atom is 0.161 e. The van der Waals surface area contributed by atoms with Crippen LogP contribution in [0.2, 0.25) is 0 Å². The maximum absolute atomic E-state index is 6.50. The number of halogens is 1. The van der Waals surface area contributed by atoms with Gasteiger partial charge in [-0.3, -0.25) is 0 Å². The first-order chi connectivity index (χ1) is 9.10. The van der Waals surface area contributed by atoms with Crippen LogP contribution in [0.3, 0.4) is 0 Å². The molecule has 0 amide bonds. The summed E-state index contributed by atoms with van der Waals surface area (Å²) in [6.45, 7) is 7.97. The molecule has 1 aliphatic rings. The number of hydrogen-bond acceptors (Lipinski definition) is 2. The van der Waals surface area contributed by atoms with Gasteiger partial charge >= 0.3 is 0 Å². The van der Waals surface area contributed by atoms with Crippen molar-refractivity contribution in [2.45, 2.75) is 39.0 Å². The Morgan fingerprint density at radius 1 is 1.26 bits per heavy atom. The Balaban J connectivity index is 2.12. The predicted octanol–water partition coefficient (Wildman–Crippen LogP) is 4.81. The number of ether oxygens (including phenoxy) is 2. The minimum absolute atomic E-state index is 0.0459. The van der Waals surface area contributed by atoms with E-state index in [1.165, 1.54) is 0 Å². The van der Waals surface area contributed by atoms with Crippen molar-refractivity contribution in [3.8, 4) is 11.5 Å². The van der Waals surface area contributed by atoms with Gasteiger partial charge in [-0.1, -0.05) is 33.3 Å². The van der Waals surface area contributed by atoms with Crippen LogP contribution in [0, 0.1) is 11.8 Å². The van der Waals surface area contributed by atoms with Gasteiger partial charge in [-0.2, -0.15) is 0 Å². The molecule has 3 unspecified atom stereocenters. The molecule has 0 N–H and O–H groups in total. The second kappa shape index (κ2) is 6.51. The fourth-order valence-corrected chi connectivity index (χ4v) is 2.56. The van der Waals surface area contributed by atoms with E-state index in [9.17, 15) is 0 Å². The zero-order chi connectivity index (χ0) is 13.8. The minimum atomic E-state index is 0.0459. The number of benzene rings is 1. The van der Waals surface area contributed by atoms with E-state index in [4.69, 9.17) is 21.1 Å². The summed E-state index contributed by atoms with van der Waals surface area (Å²) in [4.78, 5) is 0. The average Bonchev–Trinajstić information content (AvgIpc) is 2.60. The maximum atomic E-state index is 6.50. The molecule has 0 radical (unpaired) electrons. The van der Waals surface area contributed by atoms with E-state index in [2.05, 4.69) is 26.8 Å². The third kappa shape index (κ3) is 3.79. The van der Waals surface area contributed by atoms with E-state index >= 15 is 0 Å². The van der Waals surface area contributed by atoms with Crippen molar-refractivity contribution in [3.05, 3.63) is 23.8 Å². The Kier molecular flexibility index (Phi) is 4.98. The van der Waals surface area contributed by atoms with Gasteiger partial charge in [0.15, 0.2) is 11.5 Å². The molecule has 2 nitrogen and oxygen atoms in total. The second-order valence-corrected chi connectivity index (χ2v) is 6.18. The van der Waals surface area contributed by atoms with Crippen molar-refractivity contribution in [3.63, 3.8) is 0 Å². The number of fused-ring (bicyclic) bond motifs is 1. The Labute approximate surface area is 121 Å². The molecule has 0 bridgehead atoms. The number of rotatable bonds is 4. The first kappa shape index (κ1) is 14.5. The van der Waals surface area contributed by atoms with Crippen LogP contribution in [0.4, 0.5) is 0 Å². The summed E-state index contributed by atoms with van der Waals surface area (Å²) in [5, 5.41) is 0.0459. The lowest BCUT2D eigenvalue weighted by Crippen LogP contribution is -2.12. The number of alkyl halides is 1. The molecular weight excluding hydrogens is 260 g/mol. The lowest BCUT2D eigenvalue weighted by Gasteiger charge is -2.16. The van der Waals surface area contributed by atoms with Crippen molar-refractivity contribution in [1.29, 1.82) is 0 Å². The Bertz CT molecular complexity index is 419. The van der Waals surface area contributed by atoms with Crippen LogP contribution in [0.15, 0.2) is 18.2 Å². The van der Waals surface area contributed by atoms with E-state index in [0.717, 1.165) is 29.9 Å². The first-order valence-electron chi connectivity index (χ1n) is 7.13. The molecule has 0 aromatic heterocycles. The van der Waals surface area contributed by atoms with Crippen molar-refractivity contribution in [1.82, 2.24) is 0 Å². The van der Waals surface area contributed by atoms with Crippen LogP contribution in [0.1, 0.15) is 44.6 Å². The lowest BCUT2D eigenvalue weighted by atomic mass is 9.98. The quantitative estimate of drug-likeness (QED) is 0.738. The summed E-state index contributed by atoms with van der Waals surface area (Å²) in [5.74, 6) is 2.72. The standard InChI is InChI=1S/C16H23ClO2/c1-4-11(2)7-14(17)13-5-6-15-16(8-13)19-10-12(3)9-18-15/h5-6,8,11-12,14H,4,7,9-10H2,1-3H3. The number of hydrogen-bond donors (Lipinski definition) is 0. The molecule has 3 heteroatoms. The molecule has 19 heavy (non-hydrogen) atoms. The molecular formula is C16H23ClO2. The molecule has 1 heterocycles. The predicted molar refractivity (Wildman–Crippen MR) is 79.3 cm³/mol. The molecule has 0 saturated heterocycles. The minimum Gasteiger partial charge on any atom is -0.489 e. The van der Waals surface area contributed by atoms with Gasteiger partial charge < -0.3 is 9.47 Å². The van der Waals surface area contributed by atoms with Gasteiger partial charge in [0.05, 0.1) is 18.6 Å². The summed E-state index contributed by atoms with van der Waals surface area (Å²) >= 11 is 6.50. The fraction of sp³-hybridized carbons (Fsp3) is 0.625. The summed E-state index contributed by atoms with van der Waals surface area (Å²) in [5.41, 5.74) is 1.12. The first-order valence-corrected chi connectivity index (χ1v) is 7.57. The van der Waals surface area contributed by atoms with Crippen molar-refractivity contribution >= 4 is 11.6 Å². The molecule has 1 aromatic carbocycles. The fourth-order valence-electron chi connectivity index (χ4n) is 2.12. The molecule has 1 aromatic rings. The third-order valence-corrected chi connectivity index (χ3v) is 4.11. The summed E-state index contributed by atoms with van der Waals surface area (Å²) in [7, 11) is 0. The van der Waals surface area contributed by atoms with E-state index in [1.807, 2.05) is 12.1 Å². The highest BCUT2D eigenvalue weighted by atomic mass is 35.5. The Hall–Kier alpha value is -0.890. The van der Waals surface area contributed by atoms with Crippen LogP contribution in [-0.2, 0) is 0 Å². The van der Waals surface area contributed by atoms with Crippen LogP contribution >= 0.6 is 11.6 Å². The highest BCUT2D eigenvalue weighted by Crippen LogP contribution is 2.36. The lowest BCUT2D eigenvalue weighted by molar-refractivity contribution is 0.228. The van der Waals surface area contributed by atoms with E-state index in [0.29, 0.717) is 25.0 Å². The van der Waals surface area contributed by atoms with Gasteiger partial charge in [-0.25, -0.2) is 0 Å². The van der Waals surface area contributed by atoms with Crippen molar-refractivity contribution in [2.24, 2.45) is 11.8 Å². The molecule has 0 fully saturated rings. The molecule has 0 spiro atoms. The van der Waals surface area contributed by atoms with Gasteiger partial charge in [0.1, 0.15) is 0 Å². The van der Waals surface area contributed by atoms with Crippen molar-refractivity contribution in [2.75, 3.05) is 13.2 Å². The monoisotopic (exact) mass is 282 g/mol. The largest absolute Gasteiger partial charge is 0.489 e. The molecule has 3 atom stereocenters.